The van der Waals surface area contributed by atoms with Gasteiger partial charge in [-0.1, -0.05) is 26.0 Å². The molecule has 100 valence electrons. The van der Waals surface area contributed by atoms with Crippen LogP contribution in [0.15, 0.2) is 24.3 Å². The van der Waals surface area contributed by atoms with E-state index in [1.54, 1.807) is 0 Å². The van der Waals surface area contributed by atoms with E-state index in [4.69, 9.17) is 5.73 Å². The van der Waals surface area contributed by atoms with Crippen molar-refractivity contribution < 1.29 is 0 Å². The van der Waals surface area contributed by atoms with Crippen molar-refractivity contribution in [3.05, 3.63) is 29.8 Å². The molecule has 0 radical (unpaired) electrons. The maximum atomic E-state index is 5.93. The maximum absolute atomic E-state index is 5.93. The zero-order valence-corrected chi connectivity index (χ0v) is 11.7. The second kappa shape index (κ2) is 6.24. The van der Waals surface area contributed by atoms with Crippen LogP contribution < -0.4 is 11.1 Å². The van der Waals surface area contributed by atoms with E-state index in [0.29, 0.717) is 12.0 Å². The zero-order chi connectivity index (χ0) is 13.0. The average molecular weight is 246 g/mol. The highest BCUT2D eigenvalue weighted by Gasteiger charge is 2.17. The van der Waals surface area contributed by atoms with E-state index in [9.17, 15) is 0 Å². The largest absolute Gasteiger partial charge is 0.385 e. The van der Waals surface area contributed by atoms with Crippen LogP contribution in [-0.4, -0.2) is 12.6 Å². The van der Waals surface area contributed by atoms with Crippen LogP contribution in [0.1, 0.15) is 51.0 Å². The Balaban J connectivity index is 1.79. The predicted molar refractivity (Wildman–Crippen MR) is 79.0 cm³/mol. The predicted octanol–water partition coefficient (Wildman–Crippen LogP) is 3.74. The Bertz CT molecular complexity index is 348. The Kier molecular flexibility index (Phi) is 4.65. The molecule has 2 heteroatoms. The van der Waals surface area contributed by atoms with Crippen molar-refractivity contribution in [2.75, 3.05) is 11.9 Å². The summed E-state index contributed by atoms with van der Waals surface area (Å²) in [5.74, 6) is 1.41. The van der Waals surface area contributed by atoms with Crippen molar-refractivity contribution in [2.45, 2.75) is 51.5 Å². The number of nitrogens with one attached hydrogen (secondary N) is 1. The lowest BCUT2D eigenvalue weighted by Crippen LogP contribution is -2.29. The Labute approximate surface area is 111 Å². The summed E-state index contributed by atoms with van der Waals surface area (Å²) in [7, 11) is 0. The first-order valence-electron chi connectivity index (χ1n) is 7.24. The molecule has 0 heterocycles. The first-order valence-corrected chi connectivity index (χ1v) is 7.24. The molecule has 1 aromatic carbocycles. The van der Waals surface area contributed by atoms with Crippen molar-refractivity contribution in [3.8, 4) is 0 Å². The molecule has 1 saturated carbocycles. The Morgan fingerprint density at radius 1 is 1.11 bits per heavy atom. The van der Waals surface area contributed by atoms with Gasteiger partial charge in [0.25, 0.3) is 0 Å². The minimum Gasteiger partial charge on any atom is -0.385 e. The number of benzene rings is 1. The maximum Gasteiger partial charge on any atom is 0.0340 e. The van der Waals surface area contributed by atoms with Gasteiger partial charge in [-0.3, -0.25) is 0 Å². The van der Waals surface area contributed by atoms with Gasteiger partial charge >= 0.3 is 0 Å². The summed E-state index contributed by atoms with van der Waals surface area (Å²) in [6, 6.07) is 9.30. The van der Waals surface area contributed by atoms with Crippen molar-refractivity contribution in [2.24, 2.45) is 11.7 Å². The Morgan fingerprint density at radius 2 is 1.72 bits per heavy atom. The van der Waals surface area contributed by atoms with Gasteiger partial charge in [0.15, 0.2) is 0 Å². The highest BCUT2D eigenvalue weighted by atomic mass is 14.9. The summed E-state index contributed by atoms with van der Waals surface area (Å²) < 4.78 is 0. The normalized spacial score (nSPS) is 24.2. The monoisotopic (exact) mass is 246 g/mol. The molecule has 1 aliphatic rings. The summed E-state index contributed by atoms with van der Waals surface area (Å²) in [6.45, 7) is 5.55. The quantitative estimate of drug-likeness (QED) is 0.849. The minimum atomic E-state index is 0.451. The molecule has 1 aliphatic carbocycles. The van der Waals surface area contributed by atoms with E-state index in [-0.39, 0.29) is 0 Å². The Hall–Kier alpha value is -1.02. The molecule has 0 aliphatic heterocycles. The van der Waals surface area contributed by atoms with Gasteiger partial charge < -0.3 is 11.1 Å². The van der Waals surface area contributed by atoms with Gasteiger partial charge in [-0.2, -0.15) is 0 Å². The first-order chi connectivity index (χ1) is 8.65. The van der Waals surface area contributed by atoms with E-state index >= 15 is 0 Å². The van der Waals surface area contributed by atoms with Crippen LogP contribution in [0.2, 0.25) is 0 Å². The summed E-state index contributed by atoms with van der Waals surface area (Å²) in [5, 5.41) is 3.55. The molecule has 0 spiro atoms. The summed E-state index contributed by atoms with van der Waals surface area (Å²) in [5.41, 5.74) is 8.58. The third-order valence-electron chi connectivity index (χ3n) is 4.06. The molecule has 0 aromatic heterocycles. The number of nitrogens with two attached hydrogens (primary N) is 1. The lowest BCUT2D eigenvalue weighted by molar-refractivity contribution is 0.339. The topological polar surface area (TPSA) is 38.0 Å². The molecule has 0 atom stereocenters. The highest BCUT2D eigenvalue weighted by Crippen LogP contribution is 2.24. The molecule has 0 amide bonds. The van der Waals surface area contributed by atoms with E-state index in [2.05, 4.69) is 43.4 Å². The molecule has 1 aromatic rings. The smallest absolute Gasteiger partial charge is 0.0340 e. The number of anilines is 1. The number of hydrogen-bond acceptors (Lipinski definition) is 2. The molecule has 1 fully saturated rings. The van der Waals surface area contributed by atoms with Crippen LogP contribution in [0.4, 0.5) is 5.69 Å². The van der Waals surface area contributed by atoms with Gasteiger partial charge in [-0.25, -0.2) is 0 Å². The van der Waals surface area contributed by atoms with Crippen LogP contribution in [0.3, 0.4) is 0 Å². The van der Waals surface area contributed by atoms with E-state index in [1.807, 2.05) is 0 Å². The second-order valence-electron chi connectivity index (χ2n) is 5.94. The average Bonchev–Trinajstić information content (AvgIpc) is 2.38. The summed E-state index contributed by atoms with van der Waals surface area (Å²) >= 11 is 0. The van der Waals surface area contributed by atoms with Crippen molar-refractivity contribution in [1.82, 2.24) is 0 Å². The van der Waals surface area contributed by atoms with Crippen LogP contribution in [0, 0.1) is 5.92 Å². The molecule has 3 N–H and O–H groups in total. The van der Waals surface area contributed by atoms with Gasteiger partial charge in [0.2, 0.25) is 0 Å². The Morgan fingerprint density at radius 3 is 2.28 bits per heavy atom. The second-order valence-corrected chi connectivity index (χ2v) is 5.94. The molecule has 0 saturated heterocycles. The van der Waals surface area contributed by atoms with E-state index in [0.717, 1.165) is 12.5 Å². The number of rotatable bonds is 4. The SMILES string of the molecule is CC(C)c1ccc(NC[C@H]2CC[C@H](N)CC2)cc1. The molecule has 0 bridgehead atoms. The minimum absolute atomic E-state index is 0.451. The molecular formula is C16H26N2. The van der Waals surface area contributed by atoms with Crippen LogP contribution >= 0.6 is 0 Å². The van der Waals surface area contributed by atoms with Crippen molar-refractivity contribution >= 4 is 5.69 Å². The number of hydrogen-bond donors (Lipinski definition) is 2. The first kappa shape index (κ1) is 13.4. The van der Waals surface area contributed by atoms with E-state index in [1.165, 1.54) is 36.9 Å². The fourth-order valence-electron chi connectivity index (χ4n) is 2.64. The van der Waals surface area contributed by atoms with Gasteiger partial charge in [0, 0.05) is 18.3 Å². The van der Waals surface area contributed by atoms with Crippen molar-refractivity contribution in [1.29, 1.82) is 0 Å². The molecule has 2 rings (SSSR count). The molecular weight excluding hydrogens is 220 g/mol. The summed E-state index contributed by atoms with van der Waals surface area (Å²) in [4.78, 5) is 0. The van der Waals surface area contributed by atoms with Gasteiger partial charge in [0.1, 0.15) is 0 Å². The molecule has 0 unspecified atom stereocenters. The third kappa shape index (κ3) is 3.74. The lowest BCUT2D eigenvalue weighted by Gasteiger charge is -2.26. The van der Waals surface area contributed by atoms with E-state index < -0.39 is 0 Å². The van der Waals surface area contributed by atoms with Crippen molar-refractivity contribution in [3.63, 3.8) is 0 Å². The van der Waals surface area contributed by atoms with Crippen LogP contribution in [0.5, 0.6) is 0 Å². The van der Waals surface area contributed by atoms with Crippen LogP contribution in [-0.2, 0) is 0 Å². The van der Waals surface area contributed by atoms with Gasteiger partial charge in [0.05, 0.1) is 0 Å². The standard InChI is InChI=1S/C16H26N2/c1-12(2)14-5-9-16(10-6-14)18-11-13-3-7-15(17)8-4-13/h5-6,9-10,12-13,15,18H,3-4,7-8,11,17H2,1-2H3/t13-,15-. The highest BCUT2D eigenvalue weighted by molar-refractivity contribution is 5.45. The van der Waals surface area contributed by atoms with Gasteiger partial charge in [-0.15, -0.1) is 0 Å². The van der Waals surface area contributed by atoms with Gasteiger partial charge in [-0.05, 0) is 55.2 Å². The fraction of sp³-hybridized carbons (Fsp3) is 0.625. The lowest BCUT2D eigenvalue weighted by atomic mass is 9.86. The molecule has 2 nitrogen and oxygen atoms in total. The molecule has 18 heavy (non-hydrogen) atoms. The zero-order valence-electron chi connectivity index (χ0n) is 11.7. The van der Waals surface area contributed by atoms with Crippen LogP contribution in [0.25, 0.3) is 0 Å². The fourth-order valence-corrected chi connectivity index (χ4v) is 2.64. The third-order valence-corrected chi connectivity index (χ3v) is 4.06. The summed E-state index contributed by atoms with van der Waals surface area (Å²) in [6.07, 6.45) is 4.94.